The van der Waals surface area contributed by atoms with Crippen LogP contribution in [0.2, 0.25) is 10.0 Å². The molecule has 1 aromatic heterocycles. The van der Waals surface area contributed by atoms with Crippen molar-refractivity contribution >= 4 is 35.3 Å². The molecule has 0 radical (unpaired) electrons. The maximum Gasteiger partial charge on any atom is 0.277 e. The van der Waals surface area contributed by atoms with Gasteiger partial charge in [-0.3, -0.25) is 4.79 Å². The van der Waals surface area contributed by atoms with Gasteiger partial charge in [0.25, 0.3) is 5.91 Å². The number of furan rings is 1. The minimum absolute atomic E-state index is 0.132. The second-order valence-corrected chi connectivity index (χ2v) is 7.92. The van der Waals surface area contributed by atoms with Gasteiger partial charge in [0, 0.05) is 5.56 Å². The van der Waals surface area contributed by atoms with Crippen LogP contribution in [-0.2, 0) is 4.79 Å². The molecule has 0 aliphatic heterocycles. The van der Waals surface area contributed by atoms with Crippen LogP contribution in [0.15, 0.2) is 58.0 Å². The first kappa shape index (κ1) is 21.9. The predicted octanol–water partition coefficient (Wildman–Crippen LogP) is 6.21. The summed E-state index contributed by atoms with van der Waals surface area (Å²) in [4.78, 5) is 12.1. The molecule has 0 saturated heterocycles. The molecule has 3 aromatic rings. The number of nitrogens with one attached hydrogen (secondary N) is 1. The van der Waals surface area contributed by atoms with Gasteiger partial charge in [-0.25, -0.2) is 5.43 Å². The first-order chi connectivity index (χ1) is 14.3. The van der Waals surface area contributed by atoms with E-state index in [1.54, 1.807) is 24.3 Å². The highest BCUT2D eigenvalue weighted by molar-refractivity contribution is 6.42. The van der Waals surface area contributed by atoms with Gasteiger partial charge >= 0.3 is 0 Å². The predicted molar refractivity (Wildman–Crippen MR) is 121 cm³/mol. The summed E-state index contributed by atoms with van der Waals surface area (Å²) in [6.45, 7) is 6.01. The quantitative estimate of drug-likeness (QED) is 0.347. The van der Waals surface area contributed by atoms with Crippen molar-refractivity contribution in [3.05, 3.63) is 75.5 Å². The number of amides is 1. The molecule has 7 heteroatoms. The summed E-state index contributed by atoms with van der Waals surface area (Å²) in [6, 6.07) is 14.7. The zero-order chi connectivity index (χ0) is 21.7. The van der Waals surface area contributed by atoms with Gasteiger partial charge < -0.3 is 9.15 Å². The molecule has 0 spiro atoms. The Morgan fingerprint density at radius 2 is 1.93 bits per heavy atom. The number of hydrazone groups is 1. The zero-order valence-electron chi connectivity index (χ0n) is 16.9. The van der Waals surface area contributed by atoms with Crippen molar-refractivity contribution < 1.29 is 13.9 Å². The third-order valence-electron chi connectivity index (χ3n) is 4.36. The van der Waals surface area contributed by atoms with Crippen molar-refractivity contribution in [2.45, 2.75) is 26.7 Å². The maximum absolute atomic E-state index is 12.1. The highest BCUT2D eigenvalue weighted by Crippen LogP contribution is 2.29. The van der Waals surface area contributed by atoms with Crippen molar-refractivity contribution in [2.75, 3.05) is 6.61 Å². The largest absolute Gasteiger partial charge is 0.483 e. The van der Waals surface area contributed by atoms with Gasteiger partial charge in [0.2, 0.25) is 0 Å². The molecule has 0 atom stereocenters. The molecule has 5 nitrogen and oxygen atoms in total. The lowest BCUT2D eigenvalue weighted by molar-refractivity contribution is -0.123. The highest BCUT2D eigenvalue weighted by atomic mass is 35.5. The minimum Gasteiger partial charge on any atom is -0.483 e. The SMILES string of the molecule is Cc1ccc(C(C)C)c(OCC(=O)N/N=C/c2ccc(-c3ccc(Cl)c(Cl)c3)o2)c1. The second-order valence-electron chi connectivity index (χ2n) is 7.11. The van der Waals surface area contributed by atoms with E-state index in [9.17, 15) is 4.79 Å². The van der Waals surface area contributed by atoms with E-state index in [0.29, 0.717) is 33.2 Å². The summed E-state index contributed by atoms with van der Waals surface area (Å²) in [5.41, 5.74) is 5.36. The number of rotatable bonds is 7. The molecule has 3 rings (SSSR count). The van der Waals surface area contributed by atoms with Gasteiger partial charge in [0.05, 0.1) is 16.3 Å². The molecule has 0 bridgehead atoms. The van der Waals surface area contributed by atoms with E-state index in [2.05, 4.69) is 24.4 Å². The topological polar surface area (TPSA) is 63.8 Å². The Morgan fingerprint density at radius 1 is 1.13 bits per heavy atom. The normalized spacial score (nSPS) is 11.3. The summed E-state index contributed by atoms with van der Waals surface area (Å²) in [5.74, 6) is 1.74. The van der Waals surface area contributed by atoms with Crippen molar-refractivity contribution in [3.8, 4) is 17.1 Å². The van der Waals surface area contributed by atoms with Crippen LogP contribution in [0.5, 0.6) is 5.75 Å². The monoisotopic (exact) mass is 444 g/mol. The van der Waals surface area contributed by atoms with Crippen molar-refractivity contribution in [3.63, 3.8) is 0 Å². The highest BCUT2D eigenvalue weighted by Gasteiger charge is 2.10. The van der Waals surface area contributed by atoms with Crippen LogP contribution in [0.1, 0.15) is 36.7 Å². The molecule has 0 aliphatic carbocycles. The van der Waals surface area contributed by atoms with E-state index in [-0.39, 0.29) is 12.5 Å². The van der Waals surface area contributed by atoms with E-state index in [0.717, 1.165) is 16.7 Å². The molecule has 2 aromatic carbocycles. The number of hydrogen-bond acceptors (Lipinski definition) is 4. The summed E-state index contributed by atoms with van der Waals surface area (Å²) >= 11 is 12.0. The van der Waals surface area contributed by atoms with Crippen LogP contribution >= 0.6 is 23.2 Å². The molecule has 1 heterocycles. The number of benzene rings is 2. The molecule has 0 fully saturated rings. The Morgan fingerprint density at radius 3 is 2.67 bits per heavy atom. The number of aryl methyl sites for hydroxylation is 1. The third-order valence-corrected chi connectivity index (χ3v) is 5.10. The van der Waals surface area contributed by atoms with E-state index in [4.69, 9.17) is 32.4 Å². The average Bonchev–Trinajstić information content (AvgIpc) is 3.17. The van der Waals surface area contributed by atoms with E-state index in [1.165, 1.54) is 6.21 Å². The van der Waals surface area contributed by atoms with Gasteiger partial charge in [-0.1, -0.05) is 49.2 Å². The fourth-order valence-corrected chi connectivity index (χ4v) is 3.11. The van der Waals surface area contributed by atoms with Gasteiger partial charge in [0.1, 0.15) is 17.3 Å². The summed E-state index contributed by atoms with van der Waals surface area (Å²) < 4.78 is 11.4. The Kier molecular flexibility index (Phi) is 7.19. The second kappa shape index (κ2) is 9.83. The number of carbonyl (C=O) groups is 1. The Hall–Kier alpha value is -2.76. The van der Waals surface area contributed by atoms with Crippen molar-refractivity contribution in [1.29, 1.82) is 0 Å². The molecule has 30 heavy (non-hydrogen) atoms. The lowest BCUT2D eigenvalue weighted by atomic mass is 10.0. The van der Waals surface area contributed by atoms with E-state index >= 15 is 0 Å². The standard InChI is InChI=1S/C23H22Cl2N2O3/c1-14(2)18-7-4-15(3)10-22(18)29-13-23(28)27-26-12-17-6-9-21(30-17)16-5-8-19(24)20(25)11-16/h4-12,14H,13H2,1-3H3,(H,27,28)/b26-12+. The third kappa shape index (κ3) is 5.65. The lowest BCUT2D eigenvalue weighted by Crippen LogP contribution is -2.24. The molecular formula is C23H22Cl2N2O3. The van der Waals surface area contributed by atoms with Crippen LogP contribution < -0.4 is 10.2 Å². The average molecular weight is 445 g/mol. The van der Waals surface area contributed by atoms with E-state index < -0.39 is 0 Å². The van der Waals surface area contributed by atoms with Gasteiger partial charge in [-0.15, -0.1) is 0 Å². The number of halogens is 2. The van der Waals surface area contributed by atoms with Gasteiger partial charge in [-0.2, -0.15) is 5.10 Å². The fraction of sp³-hybridized carbons (Fsp3) is 0.217. The summed E-state index contributed by atoms with van der Waals surface area (Å²) in [6.07, 6.45) is 1.42. The Bertz CT molecular complexity index is 1070. The van der Waals surface area contributed by atoms with Gasteiger partial charge in [-0.05, 0) is 60.4 Å². The van der Waals surface area contributed by atoms with Crippen LogP contribution in [0.3, 0.4) is 0 Å². The Labute approximate surface area is 185 Å². The van der Waals surface area contributed by atoms with Crippen LogP contribution in [0.25, 0.3) is 11.3 Å². The van der Waals surface area contributed by atoms with Crippen molar-refractivity contribution in [2.24, 2.45) is 5.10 Å². The number of ether oxygens (including phenoxy) is 1. The zero-order valence-corrected chi connectivity index (χ0v) is 18.4. The maximum atomic E-state index is 12.1. The fourth-order valence-electron chi connectivity index (χ4n) is 2.81. The first-order valence-electron chi connectivity index (χ1n) is 9.44. The molecule has 0 aliphatic rings. The van der Waals surface area contributed by atoms with Gasteiger partial charge in [0.15, 0.2) is 6.61 Å². The number of hydrogen-bond donors (Lipinski definition) is 1. The van der Waals surface area contributed by atoms with Crippen LogP contribution in [0.4, 0.5) is 0 Å². The first-order valence-corrected chi connectivity index (χ1v) is 10.2. The molecule has 0 unspecified atom stereocenters. The van der Waals surface area contributed by atoms with Crippen molar-refractivity contribution in [1.82, 2.24) is 5.43 Å². The van der Waals surface area contributed by atoms with E-state index in [1.807, 2.05) is 31.2 Å². The molecule has 0 saturated carbocycles. The smallest absolute Gasteiger partial charge is 0.277 e. The van der Waals surface area contributed by atoms with Crippen LogP contribution in [-0.4, -0.2) is 18.7 Å². The molecular weight excluding hydrogens is 423 g/mol. The number of carbonyl (C=O) groups excluding carboxylic acids is 1. The molecule has 156 valence electrons. The summed E-state index contributed by atoms with van der Waals surface area (Å²) in [5, 5.41) is 4.85. The summed E-state index contributed by atoms with van der Waals surface area (Å²) in [7, 11) is 0. The minimum atomic E-state index is -0.362. The Balaban J connectivity index is 1.56. The van der Waals surface area contributed by atoms with Crippen LogP contribution in [0, 0.1) is 6.92 Å². The lowest BCUT2D eigenvalue weighted by Gasteiger charge is -2.14. The molecule has 1 amide bonds. The number of nitrogens with zero attached hydrogens (tertiary/aromatic N) is 1. The molecule has 1 N–H and O–H groups in total.